The molecule has 0 aliphatic heterocycles. The van der Waals surface area contributed by atoms with Gasteiger partial charge in [-0.1, -0.05) is 6.92 Å². The van der Waals surface area contributed by atoms with Gasteiger partial charge in [0.25, 0.3) is 0 Å². The first kappa shape index (κ1) is 16.4. The minimum Gasteiger partial charge on any atom is -0.480 e. The minimum absolute atomic E-state index is 0.0242. The highest BCUT2D eigenvalue weighted by molar-refractivity contribution is 5.84. The number of hydrogen-bond acceptors (Lipinski definition) is 5. The Morgan fingerprint density at radius 3 is 2.39 bits per heavy atom. The number of carboxylic acid groups (broad SMARTS) is 1. The standard InChI is InChI=1S/C11H19NO6/c1-4-18-11(16)7(2)5-8(10(14)15)12-9(13)6-17-3/h7-8H,4-6H2,1-3H3,(H,12,13)(H,14,15)/t7-,8-/m0/s1. The first-order valence-electron chi connectivity index (χ1n) is 5.60. The maximum absolute atomic E-state index is 11.4. The number of nitrogens with one attached hydrogen (secondary N) is 1. The molecule has 7 heteroatoms. The van der Waals surface area contributed by atoms with Crippen LogP contribution in [0.5, 0.6) is 0 Å². The third kappa shape index (κ3) is 6.19. The normalized spacial score (nSPS) is 13.5. The lowest BCUT2D eigenvalue weighted by Gasteiger charge is -2.17. The Kier molecular flexibility index (Phi) is 7.69. The average Bonchev–Trinajstić information content (AvgIpc) is 2.28. The highest BCUT2D eigenvalue weighted by atomic mass is 16.5. The number of ether oxygens (including phenoxy) is 2. The van der Waals surface area contributed by atoms with Gasteiger partial charge in [0.15, 0.2) is 0 Å². The summed E-state index contributed by atoms with van der Waals surface area (Å²) in [6, 6.07) is -1.13. The molecule has 0 aliphatic rings. The summed E-state index contributed by atoms with van der Waals surface area (Å²) >= 11 is 0. The summed E-state index contributed by atoms with van der Waals surface area (Å²) in [5.74, 6) is -2.82. The van der Waals surface area contributed by atoms with E-state index in [-0.39, 0.29) is 19.6 Å². The van der Waals surface area contributed by atoms with Crippen LogP contribution in [0.4, 0.5) is 0 Å². The second-order valence-corrected chi connectivity index (χ2v) is 3.78. The quantitative estimate of drug-likeness (QED) is 0.586. The molecule has 0 radical (unpaired) electrons. The average molecular weight is 261 g/mol. The molecule has 18 heavy (non-hydrogen) atoms. The Hall–Kier alpha value is -1.63. The number of carbonyl (C=O) groups is 3. The van der Waals surface area contributed by atoms with Crippen molar-refractivity contribution in [3.63, 3.8) is 0 Å². The van der Waals surface area contributed by atoms with Gasteiger partial charge in [-0.05, 0) is 13.3 Å². The molecule has 0 aromatic heterocycles. The van der Waals surface area contributed by atoms with Gasteiger partial charge in [0, 0.05) is 7.11 Å². The monoisotopic (exact) mass is 261 g/mol. The van der Waals surface area contributed by atoms with Crippen LogP contribution in [0, 0.1) is 5.92 Å². The van der Waals surface area contributed by atoms with Gasteiger partial charge in [-0.25, -0.2) is 4.79 Å². The van der Waals surface area contributed by atoms with Crippen LogP contribution in [-0.4, -0.2) is 49.3 Å². The number of esters is 1. The lowest BCUT2D eigenvalue weighted by atomic mass is 10.0. The fourth-order valence-corrected chi connectivity index (χ4v) is 1.32. The van der Waals surface area contributed by atoms with Gasteiger partial charge in [-0.15, -0.1) is 0 Å². The SMILES string of the molecule is CCOC(=O)[C@@H](C)C[C@H](NC(=O)COC)C(=O)O. The van der Waals surface area contributed by atoms with E-state index in [4.69, 9.17) is 9.84 Å². The van der Waals surface area contributed by atoms with Gasteiger partial charge >= 0.3 is 11.9 Å². The fraction of sp³-hybridized carbons (Fsp3) is 0.727. The summed E-state index contributed by atoms with van der Waals surface area (Å²) in [7, 11) is 1.33. The lowest BCUT2D eigenvalue weighted by Crippen LogP contribution is -2.44. The molecule has 2 N–H and O–H groups in total. The van der Waals surface area contributed by atoms with Crippen molar-refractivity contribution in [1.29, 1.82) is 0 Å². The number of rotatable bonds is 8. The summed E-state index contributed by atoms with van der Waals surface area (Å²) in [5, 5.41) is 11.2. The Morgan fingerprint density at radius 2 is 1.94 bits per heavy atom. The molecule has 0 saturated heterocycles. The summed E-state index contributed by atoms with van der Waals surface area (Å²) in [5.41, 5.74) is 0. The molecule has 0 aliphatic carbocycles. The van der Waals surface area contributed by atoms with E-state index < -0.39 is 29.8 Å². The molecule has 0 aromatic rings. The highest BCUT2D eigenvalue weighted by Gasteiger charge is 2.26. The van der Waals surface area contributed by atoms with E-state index in [1.807, 2.05) is 0 Å². The fourth-order valence-electron chi connectivity index (χ4n) is 1.32. The van der Waals surface area contributed by atoms with E-state index in [0.717, 1.165) is 0 Å². The molecule has 0 aromatic carbocycles. The van der Waals surface area contributed by atoms with E-state index in [0.29, 0.717) is 0 Å². The molecule has 7 nitrogen and oxygen atoms in total. The molecule has 104 valence electrons. The van der Waals surface area contributed by atoms with Crippen LogP contribution in [0.3, 0.4) is 0 Å². The zero-order valence-corrected chi connectivity index (χ0v) is 10.8. The Morgan fingerprint density at radius 1 is 1.33 bits per heavy atom. The van der Waals surface area contributed by atoms with Gasteiger partial charge in [-0.3, -0.25) is 9.59 Å². The topological polar surface area (TPSA) is 102 Å². The molecule has 0 spiro atoms. The van der Waals surface area contributed by atoms with Crippen LogP contribution in [0.25, 0.3) is 0 Å². The molecule has 0 bridgehead atoms. The summed E-state index contributed by atoms with van der Waals surface area (Å²) in [6.07, 6.45) is -0.0242. The van der Waals surface area contributed by atoms with Crippen LogP contribution in [0.2, 0.25) is 0 Å². The molecule has 0 fully saturated rings. The van der Waals surface area contributed by atoms with Crippen molar-refractivity contribution >= 4 is 17.8 Å². The van der Waals surface area contributed by atoms with Crippen molar-refractivity contribution in [2.75, 3.05) is 20.3 Å². The molecule has 0 unspecified atom stereocenters. The number of carboxylic acids is 1. The number of carbonyl (C=O) groups excluding carboxylic acids is 2. The zero-order chi connectivity index (χ0) is 14.1. The van der Waals surface area contributed by atoms with Crippen molar-refractivity contribution in [3.8, 4) is 0 Å². The van der Waals surface area contributed by atoms with Gasteiger partial charge in [-0.2, -0.15) is 0 Å². The smallest absolute Gasteiger partial charge is 0.326 e. The summed E-state index contributed by atoms with van der Waals surface area (Å²) in [4.78, 5) is 33.5. The van der Waals surface area contributed by atoms with Crippen molar-refractivity contribution in [3.05, 3.63) is 0 Å². The zero-order valence-electron chi connectivity index (χ0n) is 10.8. The molecule has 1 amide bonds. The molecule has 0 heterocycles. The van der Waals surface area contributed by atoms with Crippen molar-refractivity contribution in [1.82, 2.24) is 5.32 Å². The number of hydrogen-bond donors (Lipinski definition) is 2. The Labute approximate surface area is 105 Å². The number of amides is 1. The van der Waals surface area contributed by atoms with E-state index in [2.05, 4.69) is 10.1 Å². The van der Waals surface area contributed by atoms with Crippen molar-refractivity contribution < 1.29 is 29.0 Å². The predicted molar refractivity (Wildman–Crippen MR) is 61.9 cm³/mol. The summed E-state index contributed by atoms with van der Waals surface area (Å²) < 4.78 is 9.35. The van der Waals surface area contributed by atoms with Crippen molar-refractivity contribution in [2.45, 2.75) is 26.3 Å². The third-order valence-electron chi connectivity index (χ3n) is 2.19. The second-order valence-electron chi connectivity index (χ2n) is 3.78. The highest BCUT2D eigenvalue weighted by Crippen LogP contribution is 2.09. The van der Waals surface area contributed by atoms with Crippen LogP contribution < -0.4 is 5.32 Å². The maximum Gasteiger partial charge on any atom is 0.326 e. The van der Waals surface area contributed by atoms with Gasteiger partial charge in [0.2, 0.25) is 5.91 Å². The van der Waals surface area contributed by atoms with Gasteiger partial charge < -0.3 is 19.9 Å². The second kappa shape index (κ2) is 8.46. The van der Waals surface area contributed by atoms with Crippen molar-refractivity contribution in [2.24, 2.45) is 5.92 Å². The minimum atomic E-state index is -1.20. The molecular weight excluding hydrogens is 242 g/mol. The number of aliphatic carboxylic acids is 1. The van der Waals surface area contributed by atoms with E-state index in [1.165, 1.54) is 7.11 Å². The molecule has 0 saturated carbocycles. The molecule has 0 rings (SSSR count). The molecular formula is C11H19NO6. The Balaban J connectivity index is 4.40. The predicted octanol–water partition coefficient (Wildman–Crippen LogP) is -0.208. The van der Waals surface area contributed by atoms with E-state index in [9.17, 15) is 14.4 Å². The van der Waals surface area contributed by atoms with Crippen LogP contribution >= 0.6 is 0 Å². The van der Waals surface area contributed by atoms with E-state index in [1.54, 1.807) is 13.8 Å². The third-order valence-corrected chi connectivity index (χ3v) is 2.19. The summed E-state index contributed by atoms with van der Waals surface area (Å²) in [6.45, 7) is 3.23. The van der Waals surface area contributed by atoms with Crippen LogP contribution in [-0.2, 0) is 23.9 Å². The molecule has 2 atom stereocenters. The largest absolute Gasteiger partial charge is 0.480 e. The number of methoxy groups -OCH3 is 1. The Bertz CT molecular complexity index is 304. The van der Waals surface area contributed by atoms with Gasteiger partial charge in [0.05, 0.1) is 12.5 Å². The maximum atomic E-state index is 11.4. The van der Waals surface area contributed by atoms with Gasteiger partial charge in [0.1, 0.15) is 12.6 Å². The van der Waals surface area contributed by atoms with Crippen LogP contribution in [0.1, 0.15) is 20.3 Å². The lowest BCUT2D eigenvalue weighted by molar-refractivity contribution is -0.149. The first-order chi connectivity index (χ1) is 8.42. The first-order valence-corrected chi connectivity index (χ1v) is 5.60. The van der Waals surface area contributed by atoms with E-state index >= 15 is 0 Å². The van der Waals surface area contributed by atoms with Crippen LogP contribution in [0.15, 0.2) is 0 Å².